The number of aromatic nitrogens is 1. The van der Waals surface area contributed by atoms with Gasteiger partial charge in [0.15, 0.2) is 5.13 Å². The summed E-state index contributed by atoms with van der Waals surface area (Å²) in [6.07, 6.45) is 0. The fraction of sp³-hybridized carbons (Fsp3) is 0.200. The number of thiazole rings is 1. The van der Waals surface area contributed by atoms with Gasteiger partial charge >= 0.3 is 0 Å². The number of carbonyl (C=O) groups is 2. The Morgan fingerprint density at radius 2 is 2.05 bits per heavy atom. The molecule has 1 N–H and O–H groups in total. The Morgan fingerprint density at radius 1 is 1.32 bits per heavy atom. The number of rotatable bonds is 3. The zero-order chi connectivity index (χ0) is 15.7. The van der Waals surface area contributed by atoms with Crippen LogP contribution >= 0.6 is 11.3 Å². The SMILES string of the molecule is CC(=O)Nc1nc(C2C(=O)N(c3ccccc3)N=C2C)cs1. The quantitative estimate of drug-likeness (QED) is 0.946. The average molecular weight is 314 g/mol. The van der Waals surface area contributed by atoms with E-state index < -0.39 is 5.92 Å². The van der Waals surface area contributed by atoms with Crippen molar-refractivity contribution in [3.8, 4) is 0 Å². The van der Waals surface area contributed by atoms with Crippen LogP contribution in [-0.4, -0.2) is 22.5 Å². The molecular weight excluding hydrogens is 300 g/mol. The molecule has 2 heterocycles. The largest absolute Gasteiger partial charge is 0.302 e. The summed E-state index contributed by atoms with van der Waals surface area (Å²) in [5, 5.41) is 10.6. The molecule has 1 aromatic heterocycles. The van der Waals surface area contributed by atoms with Gasteiger partial charge in [-0.05, 0) is 19.1 Å². The summed E-state index contributed by atoms with van der Waals surface area (Å²) in [5.74, 6) is -0.822. The number of hydrazone groups is 1. The van der Waals surface area contributed by atoms with E-state index in [2.05, 4.69) is 15.4 Å². The molecule has 0 bridgehead atoms. The Hall–Kier alpha value is -2.54. The Morgan fingerprint density at radius 3 is 2.73 bits per heavy atom. The number of nitrogens with one attached hydrogen (secondary N) is 1. The zero-order valence-electron chi connectivity index (χ0n) is 12.1. The van der Waals surface area contributed by atoms with Crippen LogP contribution in [0.15, 0.2) is 40.8 Å². The second-order valence-electron chi connectivity index (χ2n) is 4.92. The van der Waals surface area contributed by atoms with Gasteiger partial charge in [-0.2, -0.15) is 10.1 Å². The van der Waals surface area contributed by atoms with Gasteiger partial charge in [-0.15, -0.1) is 11.3 Å². The summed E-state index contributed by atoms with van der Waals surface area (Å²) in [4.78, 5) is 28.0. The number of benzene rings is 1. The van der Waals surface area contributed by atoms with E-state index in [4.69, 9.17) is 0 Å². The molecule has 0 saturated carbocycles. The van der Waals surface area contributed by atoms with Crippen molar-refractivity contribution in [1.82, 2.24) is 4.98 Å². The first-order valence-corrected chi connectivity index (χ1v) is 7.61. The molecule has 3 rings (SSSR count). The summed E-state index contributed by atoms with van der Waals surface area (Å²) >= 11 is 1.30. The van der Waals surface area contributed by atoms with Crippen molar-refractivity contribution >= 4 is 39.7 Å². The van der Waals surface area contributed by atoms with E-state index in [1.54, 1.807) is 5.38 Å². The molecule has 2 aromatic rings. The molecular formula is C15H14N4O2S. The monoisotopic (exact) mass is 314 g/mol. The number of nitrogens with zero attached hydrogens (tertiary/aromatic N) is 3. The number of hydrogen-bond donors (Lipinski definition) is 1. The maximum Gasteiger partial charge on any atom is 0.262 e. The lowest BCUT2D eigenvalue weighted by Crippen LogP contribution is -2.25. The highest BCUT2D eigenvalue weighted by atomic mass is 32.1. The van der Waals surface area contributed by atoms with Gasteiger partial charge in [0.2, 0.25) is 5.91 Å². The van der Waals surface area contributed by atoms with E-state index in [0.29, 0.717) is 16.5 Å². The molecule has 112 valence electrons. The summed E-state index contributed by atoms with van der Waals surface area (Å²) in [5.41, 5.74) is 2.03. The van der Waals surface area contributed by atoms with Crippen LogP contribution < -0.4 is 10.3 Å². The molecule has 2 amide bonds. The van der Waals surface area contributed by atoms with Gasteiger partial charge in [-0.25, -0.2) is 4.98 Å². The number of hydrogen-bond acceptors (Lipinski definition) is 5. The van der Waals surface area contributed by atoms with Gasteiger partial charge in [0, 0.05) is 12.3 Å². The van der Waals surface area contributed by atoms with Crippen LogP contribution in [0.5, 0.6) is 0 Å². The number of carbonyl (C=O) groups excluding carboxylic acids is 2. The minimum absolute atomic E-state index is 0.136. The molecule has 1 unspecified atom stereocenters. The standard InChI is InChI=1S/C15H14N4O2S/c1-9-13(12-8-22-15(17-12)16-10(2)20)14(21)19(18-9)11-6-4-3-5-7-11/h3-8,13H,1-2H3,(H,16,17,20). The topological polar surface area (TPSA) is 74.7 Å². The number of amides is 2. The van der Waals surface area contributed by atoms with Gasteiger partial charge in [-0.1, -0.05) is 18.2 Å². The van der Waals surface area contributed by atoms with Gasteiger partial charge in [0.1, 0.15) is 5.92 Å². The van der Waals surface area contributed by atoms with Gasteiger partial charge < -0.3 is 5.32 Å². The molecule has 22 heavy (non-hydrogen) atoms. The molecule has 1 aliphatic heterocycles. The van der Waals surface area contributed by atoms with Crippen molar-refractivity contribution in [1.29, 1.82) is 0 Å². The lowest BCUT2D eigenvalue weighted by atomic mass is 10.0. The van der Waals surface area contributed by atoms with Crippen molar-refractivity contribution in [2.45, 2.75) is 19.8 Å². The van der Waals surface area contributed by atoms with Crippen LogP contribution in [0.1, 0.15) is 25.5 Å². The van der Waals surface area contributed by atoms with Crippen molar-refractivity contribution in [2.75, 3.05) is 10.3 Å². The fourth-order valence-electron chi connectivity index (χ4n) is 2.29. The Labute approximate surface area is 131 Å². The first-order valence-electron chi connectivity index (χ1n) is 6.73. The normalized spacial score (nSPS) is 17.5. The Kier molecular flexibility index (Phi) is 3.72. The fourth-order valence-corrected chi connectivity index (χ4v) is 3.07. The zero-order valence-corrected chi connectivity index (χ0v) is 12.9. The van der Waals surface area contributed by atoms with Gasteiger partial charge in [0.25, 0.3) is 5.91 Å². The summed E-state index contributed by atoms with van der Waals surface area (Å²) in [6, 6.07) is 9.27. The van der Waals surface area contributed by atoms with Crippen LogP contribution in [0, 0.1) is 0 Å². The van der Waals surface area contributed by atoms with Crippen LogP contribution in [0.4, 0.5) is 10.8 Å². The first kappa shape index (κ1) is 14.4. The number of anilines is 2. The maximum atomic E-state index is 12.6. The molecule has 0 fully saturated rings. The summed E-state index contributed by atoms with van der Waals surface area (Å²) < 4.78 is 0. The molecule has 6 nitrogen and oxygen atoms in total. The van der Waals surface area contributed by atoms with E-state index in [0.717, 1.165) is 5.69 Å². The lowest BCUT2D eigenvalue weighted by Gasteiger charge is -2.13. The van der Waals surface area contributed by atoms with E-state index in [1.165, 1.54) is 23.3 Å². The molecule has 0 spiro atoms. The third-order valence-corrected chi connectivity index (χ3v) is 4.01. The smallest absolute Gasteiger partial charge is 0.262 e. The molecule has 0 saturated heterocycles. The minimum atomic E-state index is -0.501. The van der Waals surface area contributed by atoms with Crippen LogP contribution in [-0.2, 0) is 9.59 Å². The van der Waals surface area contributed by atoms with E-state index in [-0.39, 0.29) is 11.8 Å². The van der Waals surface area contributed by atoms with Gasteiger partial charge in [0.05, 0.1) is 17.1 Å². The van der Waals surface area contributed by atoms with Crippen molar-refractivity contribution in [3.63, 3.8) is 0 Å². The van der Waals surface area contributed by atoms with E-state index in [9.17, 15) is 9.59 Å². The van der Waals surface area contributed by atoms with Crippen molar-refractivity contribution in [2.24, 2.45) is 5.10 Å². The predicted octanol–water partition coefficient (Wildman–Crippen LogP) is 2.61. The van der Waals surface area contributed by atoms with Crippen LogP contribution in [0.3, 0.4) is 0 Å². The molecule has 0 aliphatic carbocycles. The Bertz CT molecular complexity index is 754. The first-order chi connectivity index (χ1) is 10.6. The second-order valence-corrected chi connectivity index (χ2v) is 5.78. The highest BCUT2D eigenvalue weighted by Gasteiger charge is 2.37. The third-order valence-electron chi connectivity index (χ3n) is 3.23. The molecule has 7 heteroatoms. The second kappa shape index (κ2) is 5.69. The summed E-state index contributed by atoms with van der Waals surface area (Å²) in [6.45, 7) is 3.23. The van der Waals surface area contributed by atoms with E-state index >= 15 is 0 Å². The maximum absolute atomic E-state index is 12.6. The lowest BCUT2D eigenvalue weighted by molar-refractivity contribution is -0.118. The minimum Gasteiger partial charge on any atom is -0.302 e. The molecule has 0 radical (unpaired) electrons. The summed E-state index contributed by atoms with van der Waals surface area (Å²) in [7, 11) is 0. The van der Waals surface area contributed by atoms with Crippen molar-refractivity contribution in [3.05, 3.63) is 41.4 Å². The van der Waals surface area contributed by atoms with Crippen LogP contribution in [0.25, 0.3) is 0 Å². The van der Waals surface area contributed by atoms with Crippen LogP contribution in [0.2, 0.25) is 0 Å². The predicted molar refractivity (Wildman–Crippen MR) is 86.2 cm³/mol. The Balaban J connectivity index is 1.87. The van der Waals surface area contributed by atoms with Gasteiger partial charge in [-0.3, -0.25) is 9.59 Å². The third kappa shape index (κ3) is 2.62. The molecule has 1 aromatic carbocycles. The van der Waals surface area contributed by atoms with E-state index in [1.807, 2.05) is 37.3 Å². The average Bonchev–Trinajstić information content (AvgIpc) is 3.04. The molecule has 1 atom stereocenters. The van der Waals surface area contributed by atoms with Crippen molar-refractivity contribution < 1.29 is 9.59 Å². The highest BCUT2D eigenvalue weighted by Crippen LogP contribution is 2.31. The molecule has 1 aliphatic rings. The highest BCUT2D eigenvalue weighted by molar-refractivity contribution is 7.14. The number of para-hydroxylation sites is 1.